The number of rotatable bonds is 5. The Morgan fingerprint density at radius 3 is 2.25 bits per heavy atom. The molecule has 0 spiro atoms. The van der Waals surface area contributed by atoms with Crippen LogP contribution in [0, 0.1) is 6.92 Å². The summed E-state index contributed by atoms with van der Waals surface area (Å²) in [6.07, 6.45) is 0.321. The van der Waals surface area contributed by atoms with Gasteiger partial charge in [0.15, 0.2) is 0 Å². The second-order valence-electron chi connectivity index (χ2n) is 5.72. The van der Waals surface area contributed by atoms with Gasteiger partial charge in [0, 0.05) is 29.8 Å². The lowest BCUT2D eigenvalue weighted by molar-refractivity contribution is 0.298. The zero-order valence-corrected chi connectivity index (χ0v) is 13.6. The molecule has 1 N–H and O–H groups in total. The van der Waals surface area contributed by atoms with Crippen molar-refractivity contribution in [3.8, 4) is 11.4 Å². The Kier molecular flexibility index (Phi) is 4.87. The molecule has 0 fully saturated rings. The summed E-state index contributed by atoms with van der Waals surface area (Å²) in [5.41, 5.74) is 3.12. The van der Waals surface area contributed by atoms with Gasteiger partial charge in [0.05, 0.1) is 6.54 Å². The highest BCUT2D eigenvalue weighted by molar-refractivity contribution is 5.56. The Balaban J connectivity index is 2.19. The molecule has 1 aromatic heterocycles. The molecule has 0 amide bonds. The minimum atomic E-state index is -0.0840. The van der Waals surface area contributed by atoms with Gasteiger partial charge in [-0.3, -0.25) is 9.36 Å². The van der Waals surface area contributed by atoms with Crippen molar-refractivity contribution < 1.29 is 5.11 Å². The first-order chi connectivity index (χ1) is 11.7. The zero-order valence-electron chi connectivity index (χ0n) is 13.6. The van der Waals surface area contributed by atoms with Crippen LogP contribution in [0.2, 0.25) is 0 Å². The van der Waals surface area contributed by atoms with Crippen molar-refractivity contribution in [3.63, 3.8) is 0 Å². The van der Waals surface area contributed by atoms with E-state index in [-0.39, 0.29) is 12.2 Å². The molecule has 0 aliphatic carbocycles. The van der Waals surface area contributed by atoms with Gasteiger partial charge in [-0.25, -0.2) is 4.98 Å². The van der Waals surface area contributed by atoms with Crippen molar-refractivity contribution >= 4 is 0 Å². The summed E-state index contributed by atoms with van der Waals surface area (Å²) in [7, 11) is 0. The van der Waals surface area contributed by atoms with E-state index in [0.29, 0.717) is 30.0 Å². The Morgan fingerprint density at radius 2 is 1.62 bits per heavy atom. The lowest BCUT2D eigenvalue weighted by Gasteiger charge is -2.16. The summed E-state index contributed by atoms with van der Waals surface area (Å²) < 4.78 is 1.70. The minimum Gasteiger partial charge on any atom is -0.396 e. The molecule has 4 nitrogen and oxygen atoms in total. The predicted molar refractivity (Wildman–Crippen MR) is 95.0 cm³/mol. The first-order valence-electron chi connectivity index (χ1n) is 8.01. The summed E-state index contributed by atoms with van der Waals surface area (Å²) in [6, 6.07) is 19.6. The van der Waals surface area contributed by atoms with E-state index in [2.05, 4.69) is 4.98 Å². The van der Waals surface area contributed by atoms with Crippen molar-refractivity contribution in [2.45, 2.75) is 19.9 Å². The lowest BCUT2D eigenvalue weighted by Crippen LogP contribution is -2.29. The number of hydrogen-bond donors (Lipinski definition) is 1. The number of aromatic nitrogens is 2. The van der Waals surface area contributed by atoms with Crippen LogP contribution in [0.4, 0.5) is 0 Å². The average Bonchev–Trinajstić information content (AvgIpc) is 2.62. The van der Waals surface area contributed by atoms with Gasteiger partial charge in [-0.15, -0.1) is 0 Å². The largest absolute Gasteiger partial charge is 0.396 e. The summed E-state index contributed by atoms with van der Waals surface area (Å²) in [5.74, 6) is 0.656. The molecule has 3 rings (SSSR count). The average molecular weight is 320 g/mol. The van der Waals surface area contributed by atoms with E-state index in [1.807, 2.05) is 67.6 Å². The van der Waals surface area contributed by atoms with Crippen molar-refractivity contribution in [1.29, 1.82) is 0 Å². The molecule has 0 saturated carbocycles. The normalized spacial score (nSPS) is 10.8. The number of aliphatic hydroxyl groups is 1. The minimum absolute atomic E-state index is 0.0617. The van der Waals surface area contributed by atoms with Crippen molar-refractivity contribution in [1.82, 2.24) is 9.55 Å². The maximum Gasteiger partial charge on any atom is 0.257 e. The van der Waals surface area contributed by atoms with E-state index < -0.39 is 0 Å². The number of aliphatic hydroxyl groups excluding tert-OH is 1. The van der Waals surface area contributed by atoms with Gasteiger partial charge in [-0.05, 0) is 12.5 Å². The highest BCUT2D eigenvalue weighted by Gasteiger charge is 2.15. The molecule has 122 valence electrons. The highest BCUT2D eigenvalue weighted by atomic mass is 16.3. The molecule has 3 aromatic rings. The van der Waals surface area contributed by atoms with Crippen LogP contribution in [0.25, 0.3) is 11.4 Å². The van der Waals surface area contributed by atoms with Crippen molar-refractivity contribution in [2.24, 2.45) is 0 Å². The quantitative estimate of drug-likeness (QED) is 0.786. The van der Waals surface area contributed by atoms with Gasteiger partial charge in [0.25, 0.3) is 5.56 Å². The van der Waals surface area contributed by atoms with E-state index in [0.717, 1.165) is 11.1 Å². The van der Waals surface area contributed by atoms with Gasteiger partial charge in [-0.2, -0.15) is 0 Å². The number of aryl methyl sites for hydroxylation is 1. The summed E-state index contributed by atoms with van der Waals surface area (Å²) in [5, 5.41) is 9.26. The third-order valence-electron chi connectivity index (χ3n) is 4.05. The molecule has 0 aliphatic rings. The SMILES string of the molecule is Cc1nc(-c2ccccc2)n(Cc2ccccc2)c(=O)c1CCO. The molecule has 2 aromatic carbocycles. The van der Waals surface area contributed by atoms with E-state index in [1.54, 1.807) is 4.57 Å². The van der Waals surface area contributed by atoms with Crippen LogP contribution in [0.15, 0.2) is 65.5 Å². The Hall–Kier alpha value is -2.72. The van der Waals surface area contributed by atoms with Crippen LogP contribution in [0.3, 0.4) is 0 Å². The molecular weight excluding hydrogens is 300 g/mol. The van der Waals surface area contributed by atoms with Crippen LogP contribution in [-0.2, 0) is 13.0 Å². The second kappa shape index (κ2) is 7.23. The molecule has 1 heterocycles. The fraction of sp³-hybridized carbons (Fsp3) is 0.200. The molecule has 4 heteroatoms. The fourth-order valence-electron chi connectivity index (χ4n) is 2.82. The van der Waals surface area contributed by atoms with Gasteiger partial charge in [0.2, 0.25) is 0 Å². The predicted octanol–water partition coefficient (Wildman–Crippen LogP) is 2.80. The first kappa shape index (κ1) is 16.1. The molecule has 0 atom stereocenters. The lowest BCUT2D eigenvalue weighted by atomic mass is 10.1. The Bertz CT molecular complexity index is 871. The van der Waals surface area contributed by atoms with E-state index in [1.165, 1.54) is 0 Å². The van der Waals surface area contributed by atoms with Gasteiger partial charge < -0.3 is 5.11 Å². The fourth-order valence-corrected chi connectivity index (χ4v) is 2.82. The van der Waals surface area contributed by atoms with Crippen LogP contribution in [-0.4, -0.2) is 21.3 Å². The zero-order chi connectivity index (χ0) is 16.9. The van der Waals surface area contributed by atoms with Gasteiger partial charge >= 0.3 is 0 Å². The van der Waals surface area contributed by atoms with E-state index >= 15 is 0 Å². The summed E-state index contributed by atoms with van der Waals surface area (Å²) in [6.45, 7) is 2.22. The van der Waals surface area contributed by atoms with Crippen LogP contribution >= 0.6 is 0 Å². The highest BCUT2D eigenvalue weighted by Crippen LogP contribution is 2.18. The standard InChI is InChI=1S/C20H20N2O2/c1-15-18(12-13-23)20(24)22(14-16-8-4-2-5-9-16)19(21-15)17-10-6-3-7-11-17/h2-11,23H,12-14H2,1H3. The molecule has 0 unspecified atom stereocenters. The molecule has 0 aliphatic heterocycles. The molecule has 0 radical (unpaired) electrons. The number of hydrogen-bond acceptors (Lipinski definition) is 3. The number of benzene rings is 2. The third kappa shape index (κ3) is 3.29. The number of nitrogens with zero attached hydrogens (tertiary/aromatic N) is 2. The molecule has 24 heavy (non-hydrogen) atoms. The van der Waals surface area contributed by atoms with E-state index in [9.17, 15) is 9.90 Å². The maximum absolute atomic E-state index is 13.0. The summed E-state index contributed by atoms with van der Waals surface area (Å²) in [4.78, 5) is 17.7. The Labute approximate surface area is 141 Å². The maximum atomic E-state index is 13.0. The molecule has 0 saturated heterocycles. The van der Waals surface area contributed by atoms with Gasteiger partial charge in [-0.1, -0.05) is 60.7 Å². The Morgan fingerprint density at radius 1 is 1.00 bits per heavy atom. The topological polar surface area (TPSA) is 55.1 Å². The van der Waals surface area contributed by atoms with Crippen LogP contribution in [0.5, 0.6) is 0 Å². The monoisotopic (exact) mass is 320 g/mol. The smallest absolute Gasteiger partial charge is 0.257 e. The van der Waals surface area contributed by atoms with Crippen LogP contribution in [0.1, 0.15) is 16.8 Å². The molecule has 0 bridgehead atoms. The van der Waals surface area contributed by atoms with E-state index in [4.69, 9.17) is 0 Å². The van der Waals surface area contributed by atoms with Crippen molar-refractivity contribution in [2.75, 3.05) is 6.61 Å². The van der Waals surface area contributed by atoms with Crippen molar-refractivity contribution in [3.05, 3.63) is 87.8 Å². The van der Waals surface area contributed by atoms with Crippen LogP contribution < -0.4 is 5.56 Å². The second-order valence-corrected chi connectivity index (χ2v) is 5.72. The van der Waals surface area contributed by atoms with Gasteiger partial charge in [0.1, 0.15) is 5.82 Å². The third-order valence-corrected chi connectivity index (χ3v) is 4.05. The molecular formula is C20H20N2O2. The summed E-state index contributed by atoms with van der Waals surface area (Å²) >= 11 is 0. The first-order valence-corrected chi connectivity index (χ1v) is 8.01.